The van der Waals surface area contributed by atoms with E-state index >= 15 is 0 Å². The van der Waals surface area contributed by atoms with Gasteiger partial charge in [-0.15, -0.1) is 0 Å². The summed E-state index contributed by atoms with van der Waals surface area (Å²) in [5, 5.41) is 3.83. The molecule has 4 rings (SSSR count). The zero-order valence-corrected chi connectivity index (χ0v) is 14.0. The summed E-state index contributed by atoms with van der Waals surface area (Å²) in [6, 6.07) is 9.07. The summed E-state index contributed by atoms with van der Waals surface area (Å²) in [6.45, 7) is 3.27. The number of methoxy groups -OCH3 is 1. The maximum Gasteiger partial charge on any atom is 0.167 e. The lowest BCUT2D eigenvalue weighted by molar-refractivity contribution is 0.0868. The molecule has 0 spiro atoms. The monoisotopic (exact) mass is 348 g/mol. The lowest BCUT2D eigenvalue weighted by atomic mass is 9.93. The van der Waals surface area contributed by atoms with Crippen LogP contribution in [0.2, 0.25) is 5.02 Å². The molecule has 0 radical (unpaired) electrons. The van der Waals surface area contributed by atoms with Gasteiger partial charge in [-0.2, -0.15) is 0 Å². The van der Waals surface area contributed by atoms with Crippen molar-refractivity contribution in [3.8, 4) is 17.2 Å². The Morgan fingerprint density at radius 3 is 3.12 bits per heavy atom. The Morgan fingerprint density at radius 1 is 1.33 bits per heavy atom. The van der Waals surface area contributed by atoms with Gasteiger partial charge in [0.15, 0.2) is 17.6 Å². The molecular formula is C19H20ClNO3. The molecule has 1 unspecified atom stereocenters. The normalized spacial score (nSPS) is 24.3. The second-order valence-corrected chi connectivity index (χ2v) is 6.53. The third-order valence-corrected chi connectivity index (χ3v) is 4.85. The largest absolute Gasteiger partial charge is 0.496 e. The van der Waals surface area contributed by atoms with E-state index in [0.29, 0.717) is 22.1 Å². The zero-order chi connectivity index (χ0) is 19.2. The highest BCUT2D eigenvalue weighted by atomic mass is 35.5. The van der Waals surface area contributed by atoms with Crippen LogP contribution in [-0.2, 0) is 6.42 Å². The van der Waals surface area contributed by atoms with Crippen molar-refractivity contribution in [2.24, 2.45) is 0 Å². The first-order chi connectivity index (χ1) is 12.8. The van der Waals surface area contributed by atoms with Crippen molar-refractivity contribution in [2.45, 2.75) is 25.5 Å². The number of benzene rings is 2. The minimum Gasteiger partial charge on any atom is -0.496 e. The van der Waals surface area contributed by atoms with E-state index in [1.54, 1.807) is 12.1 Å². The Balaban J connectivity index is 1.71. The summed E-state index contributed by atoms with van der Waals surface area (Å²) in [4.78, 5) is 0. The van der Waals surface area contributed by atoms with Gasteiger partial charge < -0.3 is 19.5 Å². The molecule has 1 N–H and O–H groups in total. The molecule has 126 valence electrons. The molecule has 2 atom stereocenters. The average Bonchev–Trinajstić information content (AvgIpc) is 2.60. The van der Waals surface area contributed by atoms with E-state index in [1.807, 2.05) is 6.07 Å². The topological polar surface area (TPSA) is 39.7 Å². The predicted octanol–water partition coefficient (Wildman–Crippen LogP) is 4.07. The van der Waals surface area contributed by atoms with Crippen molar-refractivity contribution in [3.05, 3.63) is 52.0 Å². The van der Waals surface area contributed by atoms with Gasteiger partial charge in [0.2, 0.25) is 0 Å². The van der Waals surface area contributed by atoms with Gasteiger partial charge in [0.25, 0.3) is 0 Å². The minimum absolute atomic E-state index is 0.148. The molecule has 0 bridgehead atoms. The van der Waals surface area contributed by atoms with Crippen LogP contribution in [0.25, 0.3) is 0 Å². The standard InChI is InChI=1S/C19H20ClNO3/c1-11-18-12(7-8-21-11)3-6-15-19(18)24-17(10-23-15)14-5-4-13(20)9-16(14)22-2/h3-6,9,11,17,21H,7-8,10H2,1-2H3/t11?,17-/m1/s1/i2D3. The van der Waals surface area contributed by atoms with Gasteiger partial charge in [-0.25, -0.2) is 0 Å². The molecule has 5 heteroatoms. The second kappa shape index (κ2) is 6.19. The van der Waals surface area contributed by atoms with E-state index in [0.717, 1.165) is 18.5 Å². The number of hydrogen-bond donors (Lipinski definition) is 1. The second-order valence-electron chi connectivity index (χ2n) is 6.09. The Labute approximate surface area is 150 Å². The number of hydrogen-bond acceptors (Lipinski definition) is 4. The van der Waals surface area contributed by atoms with Crippen LogP contribution in [-0.4, -0.2) is 20.2 Å². The molecule has 0 saturated heterocycles. The molecule has 0 amide bonds. The maximum atomic E-state index is 7.41. The van der Waals surface area contributed by atoms with Crippen molar-refractivity contribution in [1.29, 1.82) is 0 Å². The number of nitrogens with one attached hydrogen (secondary N) is 1. The predicted molar refractivity (Wildman–Crippen MR) is 93.4 cm³/mol. The summed E-state index contributed by atoms with van der Waals surface area (Å²) >= 11 is 6.04. The number of fused-ring (bicyclic) bond motifs is 3. The highest BCUT2D eigenvalue weighted by Crippen LogP contribution is 2.45. The lowest BCUT2D eigenvalue weighted by Crippen LogP contribution is -2.30. The average molecular weight is 349 g/mol. The molecule has 2 aliphatic rings. The fraction of sp³-hybridized carbons (Fsp3) is 0.368. The molecule has 0 aliphatic carbocycles. The number of rotatable bonds is 2. The van der Waals surface area contributed by atoms with Crippen molar-refractivity contribution >= 4 is 11.6 Å². The van der Waals surface area contributed by atoms with E-state index in [-0.39, 0.29) is 18.4 Å². The van der Waals surface area contributed by atoms with Crippen LogP contribution in [0.15, 0.2) is 30.3 Å². The summed E-state index contributed by atoms with van der Waals surface area (Å²) in [5.41, 5.74) is 2.92. The lowest BCUT2D eigenvalue weighted by Gasteiger charge is -2.33. The Kier molecular flexibility index (Phi) is 3.21. The van der Waals surface area contributed by atoms with Crippen LogP contribution in [0.1, 0.15) is 39.9 Å². The highest BCUT2D eigenvalue weighted by molar-refractivity contribution is 6.30. The molecule has 4 nitrogen and oxygen atoms in total. The molecule has 2 aromatic rings. The van der Waals surface area contributed by atoms with Crippen molar-refractivity contribution in [1.82, 2.24) is 5.32 Å². The first kappa shape index (κ1) is 12.5. The van der Waals surface area contributed by atoms with Crippen LogP contribution in [0.3, 0.4) is 0 Å². The van der Waals surface area contributed by atoms with Gasteiger partial charge in [-0.1, -0.05) is 17.7 Å². The Bertz CT molecular complexity index is 872. The third-order valence-electron chi connectivity index (χ3n) is 4.61. The Hall–Kier alpha value is -1.91. The minimum atomic E-state index is -2.58. The van der Waals surface area contributed by atoms with Crippen molar-refractivity contribution in [2.75, 3.05) is 20.2 Å². The molecule has 0 aromatic heterocycles. The maximum absolute atomic E-state index is 7.41. The molecule has 2 aliphatic heterocycles. The third kappa shape index (κ3) is 2.60. The van der Waals surface area contributed by atoms with Gasteiger partial charge in [-0.3, -0.25) is 0 Å². The van der Waals surface area contributed by atoms with E-state index in [2.05, 4.69) is 18.3 Å². The molecule has 24 heavy (non-hydrogen) atoms. The summed E-state index contributed by atoms with van der Waals surface area (Å²) in [5.74, 6) is 1.58. The molecule has 0 fully saturated rings. The SMILES string of the molecule is [2H]C([2H])([2H])Oc1cc(Cl)ccc1[C@H]1COc2ccc3c(c2O1)C(C)NCC3. The van der Waals surface area contributed by atoms with Gasteiger partial charge >= 0.3 is 0 Å². The van der Waals surface area contributed by atoms with Crippen LogP contribution in [0.5, 0.6) is 17.2 Å². The van der Waals surface area contributed by atoms with E-state index in [9.17, 15) is 0 Å². The fourth-order valence-electron chi connectivity index (χ4n) is 3.43. The Morgan fingerprint density at radius 2 is 2.25 bits per heavy atom. The quantitative estimate of drug-likeness (QED) is 0.888. The summed E-state index contributed by atoms with van der Waals surface area (Å²) in [6.07, 6.45) is 0.433. The highest BCUT2D eigenvalue weighted by Gasteiger charge is 2.31. The van der Waals surface area contributed by atoms with Crippen LogP contribution in [0.4, 0.5) is 0 Å². The zero-order valence-electron chi connectivity index (χ0n) is 16.3. The van der Waals surface area contributed by atoms with E-state index in [1.165, 1.54) is 11.6 Å². The van der Waals surface area contributed by atoms with Gasteiger partial charge in [0.1, 0.15) is 12.4 Å². The van der Waals surface area contributed by atoms with Gasteiger partial charge in [-0.05, 0) is 49.7 Å². The molecule has 2 heterocycles. The number of halogens is 1. The smallest absolute Gasteiger partial charge is 0.167 e. The van der Waals surface area contributed by atoms with Crippen molar-refractivity contribution < 1.29 is 18.3 Å². The molecular weight excluding hydrogens is 326 g/mol. The first-order valence-electron chi connectivity index (χ1n) is 9.49. The van der Waals surface area contributed by atoms with Gasteiger partial charge in [0, 0.05) is 22.2 Å². The number of ether oxygens (including phenoxy) is 3. The fourth-order valence-corrected chi connectivity index (χ4v) is 3.59. The summed E-state index contributed by atoms with van der Waals surface area (Å²) < 4.78 is 39.6. The molecule has 0 saturated carbocycles. The van der Waals surface area contributed by atoms with E-state index in [4.69, 9.17) is 29.9 Å². The summed E-state index contributed by atoms with van der Waals surface area (Å²) in [7, 11) is -2.58. The van der Waals surface area contributed by atoms with Crippen LogP contribution >= 0.6 is 11.6 Å². The molecule has 2 aromatic carbocycles. The van der Waals surface area contributed by atoms with Crippen LogP contribution in [0, 0.1) is 0 Å². The van der Waals surface area contributed by atoms with E-state index < -0.39 is 13.1 Å². The van der Waals surface area contributed by atoms with Crippen molar-refractivity contribution in [3.63, 3.8) is 0 Å². The first-order valence-corrected chi connectivity index (χ1v) is 8.37. The van der Waals surface area contributed by atoms with Crippen LogP contribution < -0.4 is 19.5 Å². The van der Waals surface area contributed by atoms with Gasteiger partial charge in [0.05, 0.1) is 11.2 Å².